The molecule has 22 heavy (non-hydrogen) atoms. The lowest BCUT2D eigenvalue weighted by Gasteiger charge is -2.16. The van der Waals surface area contributed by atoms with E-state index in [0.29, 0.717) is 16.3 Å². The quantitative estimate of drug-likeness (QED) is 0.417. The predicted octanol–water partition coefficient (Wildman–Crippen LogP) is -0.868. The second-order valence-corrected chi connectivity index (χ2v) is 6.11. The molecule has 1 aliphatic rings. The van der Waals surface area contributed by atoms with Crippen molar-refractivity contribution in [3.05, 3.63) is 6.33 Å². The van der Waals surface area contributed by atoms with Gasteiger partial charge in [-0.15, -0.1) is 0 Å². The van der Waals surface area contributed by atoms with Crippen molar-refractivity contribution in [2.75, 3.05) is 18.1 Å². The number of imidazole rings is 1. The third-order valence-corrected chi connectivity index (χ3v) is 4.22. The average molecular weight is 327 g/mol. The first kappa shape index (κ1) is 15.4. The van der Waals surface area contributed by atoms with Crippen LogP contribution >= 0.6 is 11.8 Å². The highest BCUT2D eigenvalue weighted by atomic mass is 32.2. The van der Waals surface area contributed by atoms with Crippen LogP contribution in [-0.2, 0) is 4.74 Å². The lowest BCUT2D eigenvalue weighted by molar-refractivity contribution is -0.0511. The van der Waals surface area contributed by atoms with Crippen molar-refractivity contribution in [2.45, 2.75) is 36.6 Å². The second kappa shape index (κ2) is 5.97. The summed E-state index contributed by atoms with van der Waals surface area (Å²) in [5.41, 5.74) is 6.70. The van der Waals surface area contributed by atoms with E-state index >= 15 is 0 Å². The van der Waals surface area contributed by atoms with Gasteiger partial charge in [0.2, 0.25) is 0 Å². The Balaban J connectivity index is 2.04. The molecule has 1 saturated heterocycles. The second-order valence-electron chi connectivity index (χ2n) is 4.88. The van der Waals surface area contributed by atoms with Gasteiger partial charge >= 0.3 is 0 Å². The fraction of sp³-hybridized carbons (Fsp3) is 0.583. The molecule has 0 aromatic carbocycles. The maximum Gasteiger partial charge on any atom is 0.191 e. The van der Waals surface area contributed by atoms with Crippen LogP contribution in [0, 0.1) is 0 Å². The minimum Gasteiger partial charge on any atom is -0.394 e. The predicted molar refractivity (Wildman–Crippen MR) is 79.1 cm³/mol. The van der Waals surface area contributed by atoms with Gasteiger partial charge in [-0.2, -0.15) is 0 Å². The highest BCUT2D eigenvalue weighted by Gasteiger charge is 2.44. The van der Waals surface area contributed by atoms with E-state index in [1.165, 1.54) is 22.7 Å². The first-order valence-electron chi connectivity index (χ1n) is 6.82. The zero-order valence-corrected chi connectivity index (χ0v) is 12.6. The number of nitrogens with two attached hydrogens (primary N) is 1. The summed E-state index contributed by atoms with van der Waals surface area (Å²) >= 11 is 1.43. The molecular weight excluding hydrogens is 310 g/mol. The van der Waals surface area contributed by atoms with Gasteiger partial charge in [-0.1, -0.05) is 18.7 Å². The molecule has 5 N–H and O–H groups in total. The Morgan fingerprint density at radius 3 is 2.77 bits per heavy atom. The molecule has 1 fully saturated rings. The Kier molecular flexibility index (Phi) is 4.19. The van der Waals surface area contributed by atoms with Crippen molar-refractivity contribution in [1.29, 1.82) is 0 Å². The Morgan fingerprint density at radius 2 is 2.14 bits per heavy atom. The van der Waals surface area contributed by atoms with Crippen molar-refractivity contribution in [3.63, 3.8) is 0 Å². The fourth-order valence-electron chi connectivity index (χ4n) is 2.41. The molecule has 3 rings (SSSR count). The number of fused-ring (bicyclic) bond motifs is 1. The SMILES string of the molecule is CCSc1nc(N)c2ncn([C@@H]3O[C@H](CO)C(O)C3O)c2n1. The molecule has 10 heteroatoms. The molecule has 2 aromatic heterocycles. The highest BCUT2D eigenvalue weighted by Crippen LogP contribution is 2.32. The van der Waals surface area contributed by atoms with Crippen LogP contribution < -0.4 is 5.73 Å². The average Bonchev–Trinajstić information content (AvgIpc) is 3.03. The number of thioether (sulfide) groups is 1. The van der Waals surface area contributed by atoms with E-state index in [1.54, 1.807) is 0 Å². The van der Waals surface area contributed by atoms with Gasteiger partial charge in [0.25, 0.3) is 0 Å². The molecule has 9 nitrogen and oxygen atoms in total. The number of hydrogen-bond acceptors (Lipinski definition) is 9. The van der Waals surface area contributed by atoms with Gasteiger partial charge < -0.3 is 25.8 Å². The molecular formula is C12H17N5O4S. The van der Waals surface area contributed by atoms with Crippen molar-refractivity contribution in [3.8, 4) is 0 Å². The first-order chi connectivity index (χ1) is 10.6. The molecule has 0 aliphatic carbocycles. The molecule has 0 bridgehead atoms. The third kappa shape index (κ3) is 2.42. The number of aliphatic hydroxyl groups excluding tert-OH is 3. The maximum atomic E-state index is 10.1. The number of nitrogen functional groups attached to an aromatic ring is 1. The van der Waals surface area contributed by atoms with Crippen molar-refractivity contribution in [2.24, 2.45) is 0 Å². The van der Waals surface area contributed by atoms with Gasteiger partial charge in [0.15, 0.2) is 22.8 Å². The van der Waals surface area contributed by atoms with Gasteiger partial charge in [0.05, 0.1) is 12.9 Å². The van der Waals surface area contributed by atoms with Crippen LogP contribution in [0.25, 0.3) is 11.2 Å². The van der Waals surface area contributed by atoms with E-state index in [-0.39, 0.29) is 5.82 Å². The fourth-order valence-corrected chi connectivity index (χ4v) is 2.98. The van der Waals surface area contributed by atoms with Gasteiger partial charge in [-0.05, 0) is 5.75 Å². The smallest absolute Gasteiger partial charge is 0.191 e. The van der Waals surface area contributed by atoms with Crippen LogP contribution in [0.2, 0.25) is 0 Å². The van der Waals surface area contributed by atoms with E-state index in [4.69, 9.17) is 10.5 Å². The van der Waals surface area contributed by atoms with E-state index in [9.17, 15) is 15.3 Å². The van der Waals surface area contributed by atoms with E-state index in [1.807, 2.05) is 6.92 Å². The number of rotatable bonds is 4. The van der Waals surface area contributed by atoms with Crippen LogP contribution in [0.15, 0.2) is 11.5 Å². The molecule has 1 aliphatic heterocycles. The summed E-state index contributed by atoms with van der Waals surface area (Å²) in [5, 5.41) is 29.7. The maximum absolute atomic E-state index is 10.1. The number of ether oxygens (including phenoxy) is 1. The minimum absolute atomic E-state index is 0.242. The number of anilines is 1. The molecule has 120 valence electrons. The molecule has 4 atom stereocenters. The third-order valence-electron chi connectivity index (χ3n) is 3.49. The van der Waals surface area contributed by atoms with E-state index in [2.05, 4.69) is 15.0 Å². The summed E-state index contributed by atoms with van der Waals surface area (Å²) in [7, 11) is 0. The van der Waals surface area contributed by atoms with Gasteiger partial charge in [-0.3, -0.25) is 4.57 Å². The van der Waals surface area contributed by atoms with Gasteiger partial charge in [0.1, 0.15) is 23.8 Å². The Labute approximate surface area is 130 Å². The Hall–Kier alpha value is -1.46. The molecule has 2 unspecified atom stereocenters. The van der Waals surface area contributed by atoms with Gasteiger partial charge in [0, 0.05) is 0 Å². The molecule has 0 radical (unpaired) electrons. The van der Waals surface area contributed by atoms with E-state index < -0.39 is 31.1 Å². The number of aliphatic hydroxyl groups is 3. The topological polar surface area (TPSA) is 140 Å². The lowest BCUT2D eigenvalue weighted by Crippen LogP contribution is -2.33. The van der Waals surface area contributed by atoms with Crippen molar-refractivity contribution in [1.82, 2.24) is 19.5 Å². The number of nitrogens with zero attached hydrogens (tertiary/aromatic N) is 4. The summed E-state index contributed by atoms with van der Waals surface area (Å²) in [6, 6.07) is 0. The Morgan fingerprint density at radius 1 is 1.36 bits per heavy atom. The monoisotopic (exact) mass is 327 g/mol. The largest absolute Gasteiger partial charge is 0.394 e. The van der Waals surface area contributed by atoms with Crippen LogP contribution in [0.3, 0.4) is 0 Å². The summed E-state index contributed by atoms with van der Waals surface area (Å²) in [4.78, 5) is 12.7. The van der Waals surface area contributed by atoms with Gasteiger partial charge in [-0.25, -0.2) is 15.0 Å². The highest BCUT2D eigenvalue weighted by molar-refractivity contribution is 7.99. The summed E-state index contributed by atoms with van der Waals surface area (Å²) in [6.45, 7) is 1.58. The number of hydrogen-bond donors (Lipinski definition) is 4. The molecule has 0 amide bonds. The normalized spacial score (nSPS) is 28.5. The zero-order chi connectivity index (χ0) is 15.9. The van der Waals surface area contributed by atoms with E-state index in [0.717, 1.165) is 5.75 Å². The molecule has 0 spiro atoms. The first-order valence-corrected chi connectivity index (χ1v) is 7.80. The minimum atomic E-state index is -1.20. The van der Waals surface area contributed by atoms with Crippen LogP contribution in [0.5, 0.6) is 0 Å². The van der Waals surface area contributed by atoms with Crippen molar-refractivity contribution < 1.29 is 20.1 Å². The van der Waals surface area contributed by atoms with Crippen molar-refractivity contribution >= 4 is 28.7 Å². The molecule has 0 saturated carbocycles. The standard InChI is InChI=1S/C12H17N5O4S/c1-2-22-12-15-9(13)6-10(16-12)17(4-14-6)11-8(20)7(19)5(3-18)21-11/h4-5,7-8,11,18-20H,2-3H2,1H3,(H2,13,15,16)/t5-,7?,8?,11-/m1/s1. The van der Waals surface area contributed by atoms with Crippen LogP contribution in [0.1, 0.15) is 13.2 Å². The molecule has 3 heterocycles. The van der Waals surface area contributed by atoms with Crippen LogP contribution in [0.4, 0.5) is 5.82 Å². The van der Waals surface area contributed by atoms with Crippen LogP contribution in [-0.4, -0.2) is 65.5 Å². The summed E-state index contributed by atoms with van der Waals surface area (Å²) < 4.78 is 6.99. The summed E-state index contributed by atoms with van der Waals surface area (Å²) in [6.07, 6.45) is -2.72. The Bertz CT molecular complexity index is 681. The summed E-state index contributed by atoms with van der Waals surface area (Å²) in [5.74, 6) is 1.03. The zero-order valence-electron chi connectivity index (χ0n) is 11.8. The number of aromatic nitrogens is 4. The molecule has 2 aromatic rings. The lowest BCUT2D eigenvalue weighted by atomic mass is 10.1.